The summed E-state index contributed by atoms with van der Waals surface area (Å²) < 4.78 is 4.81. The lowest BCUT2D eigenvalue weighted by atomic mass is 9.96. The topological polar surface area (TPSA) is 29.5 Å². The van der Waals surface area contributed by atoms with Gasteiger partial charge in [-0.25, -0.2) is 0 Å². The van der Waals surface area contributed by atoms with E-state index in [-0.39, 0.29) is 11.9 Å². The molecule has 98 valence electrons. The van der Waals surface area contributed by atoms with Gasteiger partial charge in [0.25, 0.3) is 0 Å². The SMILES string of the molecule is COC(=O)C1CCN(c2ccc(C)cc2C)CC1. The highest BCUT2D eigenvalue weighted by atomic mass is 16.5. The lowest BCUT2D eigenvalue weighted by molar-refractivity contribution is -0.146. The third-order valence-electron chi connectivity index (χ3n) is 3.72. The first-order valence-electron chi connectivity index (χ1n) is 6.52. The van der Waals surface area contributed by atoms with Crippen molar-refractivity contribution in [2.24, 2.45) is 5.92 Å². The number of benzene rings is 1. The van der Waals surface area contributed by atoms with Gasteiger partial charge in [0, 0.05) is 18.8 Å². The van der Waals surface area contributed by atoms with Gasteiger partial charge in [-0.05, 0) is 38.3 Å². The van der Waals surface area contributed by atoms with Gasteiger partial charge in [0.2, 0.25) is 0 Å². The van der Waals surface area contributed by atoms with E-state index in [4.69, 9.17) is 4.74 Å². The zero-order valence-electron chi connectivity index (χ0n) is 11.4. The van der Waals surface area contributed by atoms with Crippen molar-refractivity contribution < 1.29 is 9.53 Å². The predicted molar refractivity (Wildman–Crippen MR) is 72.9 cm³/mol. The van der Waals surface area contributed by atoms with Crippen LogP contribution in [0.25, 0.3) is 0 Å². The number of methoxy groups -OCH3 is 1. The van der Waals surface area contributed by atoms with Gasteiger partial charge in [0.15, 0.2) is 0 Å². The Labute approximate surface area is 109 Å². The first-order chi connectivity index (χ1) is 8.61. The molecule has 0 amide bonds. The molecule has 1 aliphatic heterocycles. The van der Waals surface area contributed by atoms with Crippen molar-refractivity contribution in [3.05, 3.63) is 29.3 Å². The monoisotopic (exact) mass is 247 g/mol. The fraction of sp³-hybridized carbons (Fsp3) is 0.533. The molecule has 0 bridgehead atoms. The first-order valence-corrected chi connectivity index (χ1v) is 6.52. The molecule has 0 aliphatic carbocycles. The van der Waals surface area contributed by atoms with Crippen LogP contribution in [0.2, 0.25) is 0 Å². The molecule has 1 aliphatic rings. The van der Waals surface area contributed by atoms with Gasteiger partial charge in [0.1, 0.15) is 0 Å². The Hall–Kier alpha value is -1.51. The van der Waals surface area contributed by atoms with Gasteiger partial charge in [-0.1, -0.05) is 17.7 Å². The van der Waals surface area contributed by atoms with Gasteiger partial charge in [-0.2, -0.15) is 0 Å². The lowest BCUT2D eigenvalue weighted by Crippen LogP contribution is -2.37. The smallest absolute Gasteiger partial charge is 0.308 e. The molecule has 1 fully saturated rings. The maximum absolute atomic E-state index is 11.5. The van der Waals surface area contributed by atoms with Crippen molar-refractivity contribution in [2.45, 2.75) is 26.7 Å². The Morgan fingerprint density at radius 1 is 1.28 bits per heavy atom. The van der Waals surface area contributed by atoms with E-state index < -0.39 is 0 Å². The highest BCUT2D eigenvalue weighted by Gasteiger charge is 2.26. The molecule has 0 spiro atoms. The third-order valence-corrected chi connectivity index (χ3v) is 3.72. The molecule has 1 aromatic carbocycles. The number of aryl methyl sites for hydroxylation is 2. The van der Waals surface area contributed by atoms with Crippen LogP contribution in [0.15, 0.2) is 18.2 Å². The maximum atomic E-state index is 11.5. The molecule has 0 radical (unpaired) electrons. The molecule has 3 nitrogen and oxygen atoms in total. The van der Waals surface area contributed by atoms with E-state index in [9.17, 15) is 4.79 Å². The van der Waals surface area contributed by atoms with Crippen LogP contribution in [0.1, 0.15) is 24.0 Å². The van der Waals surface area contributed by atoms with Crippen molar-refractivity contribution in [3.8, 4) is 0 Å². The summed E-state index contributed by atoms with van der Waals surface area (Å²) in [5, 5.41) is 0. The number of ether oxygens (including phenoxy) is 1. The number of carbonyl (C=O) groups excluding carboxylic acids is 1. The second-order valence-electron chi connectivity index (χ2n) is 5.07. The molecule has 2 rings (SSSR count). The summed E-state index contributed by atoms with van der Waals surface area (Å²) in [5.74, 6) is 0.0206. The Morgan fingerprint density at radius 3 is 2.50 bits per heavy atom. The fourth-order valence-electron chi connectivity index (χ4n) is 2.68. The quantitative estimate of drug-likeness (QED) is 0.753. The standard InChI is InChI=1S/C15H21NO2/c1-11-4-5-14(12(2)10-11)16-8-6-13(7-9-16)15(17)18-3/h4-5,10,13H,6-9H2,1-3H3. The van der Waals surface area contributed by atoms with E-state index in [2.05, 4.69) is 36.9 Å². The summed E-state index contributed by atoms with van der Waals surface area (Å²) in [6.07, 6.45) is 1.78. The molecule has 18 heavy (non-hydrogen) atoms. The molecule has 3 heteroatoms. The summed E-state index contributed by atoms with van der Waals surface area (Å²) in [6.45, 7) is 6.13. The summed E-state index contributed by atoms with van der Waals surface area (Å²) in [4.78, 5) is 13.9. The average Bonchev–Trinajstić information content (AvgIpc) is 2.38. The number of esters is 1. The van der Waals surface area contributed by atoms with E-state index in [1.165, 1.54) is 23.9 Å². The van der Waals surface area contributed by atoms with Crippen LogP contribution < -0.4 is 4.90 Å². The van der Waals surface area contributed by atoms with E-state index in [1.807, 2.05) is 0 Å². The highest BCUT2D eigenvalue weighted by Crippen LogP contribution is 2.27. The Balaban J connectivity index is 2.03. The van der Waals surface area contributed by atoms with Gasteiger partial charge < -0.3 is 9.64 Å². The van der Waals surface area contributed by atoms with Crippen molar-refractivity contribution in [3.63, 3.8) is 0 Å². The zero-order valence-corrected chi connectivity index (χ0v) is 11.4. The minimum Gasteiger partial charge on any atom is -0.469 e. The van der Waals surface area contributed by atoms with Crippen LogP contribution in [0, 0.1) is 19.8 Å². The summed E-state index contributed by atoms with van der Waals surface area (Å²) in [6, 6.07) is 6.54. The molecule has 1 saturated heterocycles. The predicted octanol–water partition coefficient (Wildman–Crippen LogP) is 2.69. The normalized spacial score (nSPS) is 16.7. The van der Waals surface area contributed by atoms with Crippen molar-refractivity contribution in [1.29, 1.82) is 0 Å². The van der Waals surface area contributed by atoms with Gasteiger partial charge in [-0.3, -0.25) is 4.79 Å². The average molecular weight is 247 g/mol. The number of hydrogen-bond donors (Lipinski definition) is 0. The van der Waals surface area contributed by atoms with Crippen LogP contribution in [0.5, 0.6) is 0 Å². The number of piperidine rings is 1. The van der Waals surface area contributed by atoms with Crippen LogP contribution in [-0.2, 0) is 9.53 Å². The molecular weight excluding hydrogens is 226 g/mol. The van der Waals surface area contributed by atoms with Gasteiger partial charge in [0.05, 0.1) is 13.0 Å². The number of nitrogens with zero attached hydrogens (tertiary/aromatic N) is 1. The van der Waals surface area contributed by atoms with E-state index in [0.29, 0.717) is 0 Å². The molecular formula is C15H21NO2. The van der Waals surface area contributed by atoms with Crippen molar-refractivity contribution in [2.75, 3.05) is 25.1 Å². The minimum atomic E-state index is -0.0599. The summed E-state index contributed by atoms with van der Waals surface area (Å²) in [7, 11) is 1.47. The first kappa shape index (κ1) is 12.9. The molecule has 0 N–H and O–H groups in total. The van der Waals surface area contributed by atoms with Gasteiger partial charge >= 0.3 is 5.97 Å². The molecule has 1 aromatic rings. The van der Waals surface area contributed by atoms with E-state index >= 15 is 0 Å². The zero-order chi connectivity index (χ0) is 13.1. The fourth-order valence-corrected chi connectivity index (χ4v) is 2.68. The minimum absolute atomic E-state index is 0.0599. The Bertz CT molecular complexity index is 434. The van der Waals surface area contributed by atoms with Crippen LogP contribution in [0.4, 0.5) is 5.69 Å². The maximum Gasteiger partial charge on any atom is 0.308 e. The van der Waals surface area contributed by atoms with Crippen LogP contribution in [0.3, 0.4) is 0 Å². The van der Waals surface area contributed by atoms with Crippen LogP contribution in [-0.4, -0.2) is 26.2 Å². The lowest BCUT2D eigenvalue weighted by Gasteiger charge is -2.33. The summed E-state index contributed by atoms with van der Waals surface area (Å²) in [5.41, 5.74) is 3.90. The molecule has 0 atom stereocenters. The number of carbonyl (C=O) groups is 1. The third kappa shape index (κ3) is 2.66. The summed E-state index contributed by atoms with van der Waals surface area (Å²) >= 11 is 0. The molecule has 0 aromatic heterocycles. The number of hydrogen-bond acceptors (Lipinski definition) is 3. The second-order valence-corrected chi connectivity index (χ2v) is 5.07. The number of rotatable bonds is 2. The van der Waals surface area contributed by atoms with E-state index in [1.54, 1.807) is 0 Å². The van der Waals surface area contributed by atoms with Crippen molar-refractivity contribution in [1.82, 2.24) is 0 Å². The number of anilines is 1. The highest BCUT2D eigenvalue weighted by molar-refractivity contribution is 5.72. The van der Waals surface area contributed by atoms with E-state index in [0.717, 1.165) is 25.9 Å². The van der Waals surface area contributed by atoms with Crippen molar-refractivity contribution >= 4 is 11.7 Å². The van der Waals surface area contributed by atoms with Gasteiger partial charge in [-0.15, -0.1) is 0 Å². The Kier molecular flexibility index (Phi) is 3.90. The van der Waals surface area contributed by atoms with Crippen LogP contribution >= 0.6 is 0 Å². The largest absolute Gasteiger partial charge is 0.469 e. The molecule has 0 saturated carbocycles. The molecule has 1 heterocycles. The Morgan fingerprint density at radius 2 is 1.94 bits per heavy atom. The molecule has 0 unspecified atom stereocenters. The second kappa shape index (κ2) is 5.42.